The molecule has 1 N–H and O–H groups in total. The van der Waals surface area contributed by atoms with E-state index in [-0.39, 0.29) is 0 Å². The van der Waals surface area contributed by atoms with Gasteiger partial charge in [-0.3, -0.25) is 0 Å². The van der Waals surface area contributed by atoms with Crippen LogP contribution < -0.4 is 5.32 Å². The van der Waals surface area contributed by atoms with E-state index in [1.165, 1.54) is 45.3 Å². The molecule has 3 atom stereocenters. The molecule has 0 aromatic rings. The summed E-state index contributed by atoms with van der Waals surface area (Å²) < 4.78 is 5.61. The van der Waals surface area contributed by atoms with E-state index >= 15 is 0 Å². The van der Waals surface area contributed by atoms with Gasteiger partial charge in [-0.05, 0) is 51.6 Å². The number of rotatable bonds is 4. The van der Waals surface area contributed by atoms with Gasteiger partial charge in [0.05, 0.1) is 6.10 Å². The lowest BCUT2D eigenvalue weighted by Crippen LogP contribution is -2.53. The molecular formula is C13H24N2O. The Balaban J connectivity index is 1.42. The van der Waals surface area contributed by atoms with Gasteiger partial charge in [-0.1, -0.05) is 0 Å². The molecule has 1 aliphatic carbocycles. The highest BCUT2D eigenvalue weighted by Crippen LogP contribution is 2.30. The predicted octanol–water partition coefficient (Wildman–Crippen LogP) is 1.24. The largest absolute Gasteiger partial charge is 0.378 e. The molecule has 0 radical (unpaired) electrons. The average Bonchev–Trinajstić information content (AvgIpc) is 2.62. The maximum atomic E-state index is 5.61. The van der Waals surface area contributed by atoms with E-state index in [2.05, 4.69) is 17.1 Å². The normalized spacial score (nSPS) is 46.7. The van der Waals surface area contributed by atoms with Crippen LogP contribution >= 0.6 is 0 Å². The van der Waals surface area contributed by atoms with Crippen LogP contribution in [0, 0.1) is 5.92 Å². The Morgan fingerprint density at radius 1 is 1.25 bits per heavy atom. The van der Waals surface area contributed by atoms with Gasteiger partial charge in [0.25, 0.3) is 0 Å². The van der Waals surface area contributed by atoms with Crippen LogP contribution in [0.25, 0.3) is 0 Å². The van der Waals surface area contributed by atoms with Gasteiger partial charge in [-0.25, -0.2) is 0 Å². The van der Waals surface area contributed by atoms with Crippen molar-refractivity contribution in [2.45, 2.75) is 50.8 Å². The monoisotopic (exact) mass is 224 g/mol. The molecule has 0 spiro atoms. The Hall–Kier alpha value is -0.120. The molecule has 0 aromatic carbocycles. The third-order valence-electron chi connectivity index (χ3n) is 4.58. The van der Waals surface area contributed by atoms with E-state index in [0.29, 0.717) is 6.10 Å². The first-order chi connectivity index (χ1) is 7.85. The van der Waals surface area contributed by atoms with Gasteiger partial charge in [0.2, 0.25) is 0 Å². The molecule has 2 aliphatic heterocycles. The van der Waals surface area contributed by atoms with Crippen LogP contribution in [0.15, 0.2) is 0 Å². The quantitative estimate of drug-likeness (QED) is 0.777. The second-order valence-electron chi connectivity index (χ2n) is 5.66. The lowest BCUT2D eigenvalue weighted by molar-refractivity contribution is -0.0153. The summed E-state index contributed by atoms with van der Waals surface area (Å²) in [7, 11) is 0. The Morgan fingerprint density at radius 3 is 2.88 bits per heavy atom. The van der Waals surface area contributed by atoms with Crippen LogP contribution in [0.3, 0.4) is 0 Å². The highest BCUT2D eigenvalue weighted by Gasteiger charge is 2.38. The van der Waals surface area contributed by atoms with E-state index in [4.69, 9.17) is 4.74 Å². The van der Waals surface area contributed by atoms with Crippen molar-refractivity contribution < 1.29 is 4.74 Å². The van der Waals surface area contributed by atoms with E-state index in [1.807, 2.05) is 0 Å². The van der Waals surface area contributed by atoms with Crippen molar-refractivity contribution >= 4 is 0 Å². The number of nitrogens with one attached hydrogen (secondary N) is 1. The number of hydrogen-bond donors (Lipinski definition) is 1. The molecular weight excluding hydrogens is 200 g/mol. The van der Waals surface area contributed by atoms with Crippen LogP contribution in [0.4, 0.5) is 0 Å². The van der Waals surface area contributed by atoms with Gasteiger partial charge < -0.3 is 15.0 Å². The van der Waals surface area contributed by atoms with Crippen molar-refractivity contribution in [3.8, 4) is 0 Å². The van der Waals surface area contributed by atoms with Crippen LogP contribution in [0.2, 0.25) is 0 Å². The van der Waals surface area contributed by atoms with Crippen LogP contribution in [0.5, 0.6) is 0 Å². The molecule has 16 heavy (non-hydrogen) atoms. The molecule has 3 heteroatoms. The minimum Gasteiger partial charge on any atom is -0.378 e. The zero-order valence-electron chi connectivity index (χ0n) is 10.3. The fourth-order valence-electron chi connectivity index (χ4n) is 3.55. The minimum atomic E-state index is 0.547. The molecule has 3 fully saturated rings. The fourth-order valence-corrected chi connectivity index (χ4v) is 3.55. The predicted molar refractivity (Wildman–Crippen MR) is 64.5 cm³/mol. The molecule has 0 amide bonds. The SMILES string of the molecule is CCOC1CC(NC2CCN3CCC2C3)C1. The molecule has 1 saturated carbocycles. The molecule has 3 unspecified atom stereocenters. The highest BCUT2D eigenvalue weighted by molar-refractivity contribution is 4.95. The summed E-state index contributed by atoms with van der Waals surface area (Å²) in [6.07, 6.45) is 5.80. The molecule has 92 valence electrons. The van der Waals surface area contributed by atoms with Crippen molar-refractivity contribution in [3.63, 3.8) is 0 Å². The van der Waals surface area contributed by atoms with Crippen molar-refractivity contribution in [1.82, 2.24) is 10.2 Å². The third kappa shape index (κ3) is 2.13. The highest BCUT2D eigenvalue weighted by atomic mass is 16.5. The van der Waals surface area contributed by atoms with Gasteiger partial charge in [-0.2, -0.15) is 0 Å². The number of ether oxygens (including phenoxy) is 1. The zero-order valence-corrected chi connectivity index (χ0v) is 10.3. The van der Waals surface area contributed by atoms with Gasteiger partial charge in [0.1, 0.15) is 0 Å². The third-order valence-corrected chi connectivity index (χ3v) is 4.58. The molecule has 3 aliphatic rings. The van der Waals surface area contributed by atoms with E-state index in [9.17, 15) is 0 Å². The van der Waals surface area contributed by atoms with Crippen molar-refractivity contribution in [2.24, 2.45) is 5.92 Å². The first-order valence-electron chi connectivity index (χ1n) is 6.95. The van der Waals surface area contributed by atoms with Crippen LogP contribution in [0.1, 0.15) is 32.6 Å². The molecule has 2 heterocycles. The van der Waals surface area contributed by atoms with Gasteiger partial charge in [0, 0.05) is 25.2 Å². The van der Waals surface area contributed by atoms with E-state index in [0.717, 1.165) is 24.6 Å². The Bertz CT molecular complexity index is 240. The second kappa shape index (κ2) is 4.63. The summed E-state index contributed by atoms with van der Waals surface area (Å²) in [4.78, 5) is 2.62. The smallest absolute Gasteiger partial charge is 0.0604 e. The molecule has 3 nitrogen and oxygen atoms in total. The Labute approximate surface area is 98.5 Å². The molecule has 0 aromatic heterocycles. The number of piperidine rings is 1. The van der Waals surface area contributed by atoms with Crippen molar-refractivity contribution in [2.75, 3.05) is 26.2 Å². The summed E-state index contributed by atoms with van der Waals surface area (Å²) in [6, 6.07) is 1.54. The summed E-state index contributed by atoms with van der Waals surface area (Å²) in [5.41, 5.74) is 0. The molecule has 2 bridgehead atoms. The van der Waals surface area contributed by atoms with Gasteiger partial charge in [0.15, 0.2) is 0 Å². The lowest BCUT2D eigenvalue weighted by Gasteiger charge is -2.41. The van der Waals surface area contributed by atoms with Gasteiger partial charge in [-0.15, -0.1) is 0 Å². The van der Waals surface area contributed by atoms with Crippen LogP contribution in [-0.4, -0.2) is 49.3 Å². The summed E-state index contributed by atoms with van der Waals surface area (Å²) in [5.74, 6) is 0.930. The Kier molecular flexibility index (Phi) is 3.18. The molecule has 2 saturated heterocycles. The van der Waals surface area contributed by atoms with E-state index < -0.39 is 0 Å². The van der Waals surface area contributed by atoms with Crippen LogP contribution in [-0.2, 0) is 4.74 Å². The fraction of sp³-hybridized carbons (Fsp3) is 1.00. The summed E-state index contributed by atoms with van der Waals surface area (Å²) >= 11 is 0. The van der Waals surface area contributed by atoms with Gasteiger partial charge >= 0.3 is 0 Å². The molecule has 3 rings (SSSR count). The second-order valence-corrected chi connectivity index (χ2v) is 5.66. The first-order valence-corrected chi connectivity index (χ1v) is 6.95. The number of hydrogen-bond acceptors (Lipinski definition) is 3. The number of nitrogens with zero attached hydrogens (tertiary/aromatic N) is 1. The minimum absolute atomic E-state index is 0.547. The maximum Gasteiger partial charge on any atom is 0.0604 e. The van der Waals surface area contributed by atoms with Crippen molar-refractivity contribution in [1.29, 1.82) is 0 Å². The topological polar surface area (TPSA) is 24.5 Å². The average molecular weight is 224 g/mol. The summed E-state index contributed by atoms with van der Waals surface area (Å²) in [6.45, 7) is 6.97. The van der Waals surface area contributed by atoms with E-state index in [1.54, 1.807) is 0 Å². The summed E-state index contributed by atoms with van der Waals surface area (Å²) in [5, 5.41) is 3.86. The standard InChI is InChI=1S/C13H24N2O/c1-2-16-12-7-11(8-12)14-13-4-6-15-5-3-10(13)9-15/h10-14H,2-9H2,1H3. The lowest BCUT2D eigenvalue weighted by atomic mass is 9.86. The Morgan fingerprint density at radius 2 is 2.06 bits per heavy atom. The van der Waals surface area contributed by atoms with Crippen molar-refractivity contribution in [3.05, 3.63) is 0 Å². The number of fused-ring (bicyclic) bond motifs is 2. The maximum absolute atomic E-state index is 5.61. The zero-order chi connectivity index (χ0) is 11.0. The first kappa shape index (κ1) is 11.0.